The predicted molar refractivity (Wildman–Crippen MR) is 124 cm³/mol. The zero-order chi connectivity index (χ0) is 23.2. The minimum Gasteiger partial charge on any atom is -0.466 e. The quantitative estimate of drug-likeness (QED) is 0.360. The Bertz CT molecular complexity index is 580. The Morgan fingerprint density at radius 2 is 1.13 bits per heavy atom. The lowest BCUT2D eigenvalue weighted by atomic mass is 9.86. The van der Waals surface area contributed by atoms with Crippen LogP contribution in [0.4, 0.5) is 0 Å². The molecule has 30 heavy (non-hydrogen) atoms. The van der Waals surface area contributed by atoms with Gasteiger partial charge in [0.15, 0.2) is 0 Å². The van der Waals surface area contributed by atoms with Gasteiger partial charge < -0.3 is 9.47 Å². The molecule has 0 fully saturated rings. The van der Waals surface area contributed by atoms with Crippen molar-refractivity contribution in [1.82, 2.24) is 0 Å². The van der Waals surface area contributed by atoms with Crippen LogP contribution in [0, 0.1) is 10.8 Å². The van der Waals surface area contributed by atoms with E-state index in [9.17, 15) is 9.59 Å². The van der Waals surface area contributed by atoms with Crippen molar-refractivity contribution in [3.05, 3.63) is 35.4 Å². The third-order valence-corrected chi connectivity index (χ3v) is 5.18. The highest BCUT2D eigenvalue weighted by Gasteiger charge is 2.29. The molecule has 172 valence electrons. The number of esters is 2. The van der Waals surface area contributed by atoms with Gasteiger partial charge in [-0.05, 0) is 91.2 Å². The normalized spacial score (nSPS) is 11.3. The number of aryl methyl sites for hydroxylation is 2. The van der Waals surface area contributed by atoms with Crippen molar-refractivity contribution in [2.24, 2.45) is 10.8 Å². The Morgan fingerprint density at radius 3 is 1.47 bits per heavy atom. The molecule has 0 amide bonds. The molecule has 0 aliphatic rings. The standard InChI is InChI=1S/C24H38O4.C2H6/c1-7-27-21(25)23(3,4)16-10-14-19-12-9-13-20(18-19)15-11-17-24(5,6)22(26)28-8-2;1-2/h9,12-13,18H,7-8,10-11,14-17H2,1-6H3;1-2H3. The van der Waals surface area contributed by atoms with Crippen LogP contribution in [0.25, 0.3) is 0 Å². The van der Waals surface area contributed by atoms with Gasteiger partial charge in [0.2, 0.25) is 0 Å². The molecule has 0 saturated heterocycles. The Morgan fingerprint density at radius 1 is 0.767 bits per heavy atom. The molecule has 0 aliphatic carbocycles. The van der Waals surface area contributed by atoms with Gasteiger partial charge >= 0.3 is 11.9 Å². The van der Waals surface area contributed by atoms with Crippen molar-refractivity contribution >= 4 is 11.9 Å². The van der Waals surface area contributed by atoms with E-state index in [0.717, 1.165) is 38.5 Å². The largest absolute Gasteiger partial charge is 0.466 e. The van der Waals surface area contributed by atoms with Crippen molar-refractivity contribution in [3.63, 3.8) is 0 Å². The summed E-state index contributed by atoms with van der Waals surface area (Å²) in [5.41, 5.74) is 1.71. The van der Waals surface area contributed by atoms with Gasteiger partial charge in [-0.25, -0.2) is 0 Å². The predicted octanol–water partition coefficient (Wildman–Crippen LogP) is 6.54. The number of benzene rings is 1. The smallest absolute Gasteiger partial charge is 0.311 e. The molecular weight excluding hydrogens is 376 g/mol. The van der Waals surface area contributed by atoms with Gasteiger partial charge in [-0.2, -0.15) is 0 Å². The van der Waals surface area contributed by atoms with Crippen molar-refractivity contribution in [1.29, 1.82) is 0 Å². The van der Waals surface area contributed by atoms with Crippen LogP contribution in [-0.2, 0) is 31.9 Å². The van der Waals surface area contributed by atoms with Gasteiger partial charge in [-0.3, -0.25) is 9.59 Å². The molecular formula is C26H44O4. The number of hydrogen-bond donors (Lipinski definition) is 0. The molecule has 1 aromatic carbocycles. The summed E-state index contributed by atoms with van der Waals surface area (Å²) in [7, 11) is 0. The number of hydrogen-bond acceptors (Lipinski definition) is 4. The van der Waals surface area contributed by atoms with Crippen molar-refractivity contribution in [2.45, 2.75) is 93.9 Å². The second kappa shape index (κ2) is 14.2. The first-order valence-electron chi connectivity index (χ1n) is 11.5. The highest BCUT2D eigenvalue weighted by atomic mass is 16.5. The second-order valence-corrected chi connectivity index (χ2v) is 8.74. The van der Waals surface area contributed by atoms with Crippen LogP contribution >= 0.6 is 0 Å². The first kappa shape index (κ1) is 28.2. The minimum atomic E-state index is -0.438. The number of ether oxygens (including phenoxy) is 2. The Labute approximate surface area is 184 Å². The van der Waals surface area contributed by atoms with Crippen molar-refractivity contribution in [3.8, 4) is 0 Å². The summed E-state index contributed by atoms with van der Waals surface area (Å²) < 4.78 is 10.3. The van der Waals surface area contributed by atoms with Crippen LogP contribution in [0.2, 0.25) is 0 Å². The first-order valence-corrected chi connectivity index (χ1v) is 11.5. The molecule has 1 aromatic rings. The summed E-state index contributed by atoms with van der Waals surface area (Å²) in [6, 6.07) is 8.62. The fourth-order valence-electron chi connectivity index (χ4n) is 3.27. The molecule has 0 saturated carbocycles. The van der Waals surface area contributed by atoms with E-state index in [4.69, 9.17) is 9.47 Å². The molecule has 4 heteroatoms. The summed E-state index contributed by atoms with van der Waals surface area (Å²) in [5, 5.41) is 0. The van der Waals surface area contributed by atoms with E-state index in [1.165, 1.54) is 11.1 Å². The topological polar surface area (TPSA) is 52.6 Å². The fraction of sp³-hybridized carbons (Fsp3) is 0.692. The SMILES string of the molecule is CC.CCOC(=O)C(C)(C)CCCc1cccc(CCCC(C)(C)C(=O)OCC)c1. The molecule has 0 aliphatic heterocycles. The van der Waals surface area contributed by atoms with Gasteiger partial charge in [-0.15, -0.1) is 0 Å². The summed E-state index contributed by atoms with van der Waals surface area (Å²) >= 11 is 0. The maximum Gasteiger partial charge on any atom is 0.311 e. The Kier molecular flexibility index (Phi) is 13.3. The van der Waals surface area contributed by atoms with Gasteiger partial charge in [0.25, 0.3) is 0 Å². The highest BCUT2D eigenvalue weighted by molar-refractivity contribution is 5.76. The second-order valence-electron chi connectivity index (χ2n) is 8.74. The molecule has 1 rings (SSSR count). The average Bonchev–Trinajstić information content (AvgIpc) is 2.70. The van der Waals surface area contributed by atoms with Crippen LogP contribution < -0.4 is 0 Å². The van der Waals surface area contributed by atoms with Gasteiger partial charge in [0, 0.05) is 0 Å². The molecule has 0 heterocycles. The minimum absolute atomic E-state index is 0.118. The summed E-state index contributed by atoms with van der Waals surface area (Å²) in [4.78, 5) is 24.0. The number of carbonyl (C=O) groups is 2. The van der Waals surface area contributed by atoms with E-state index in [1.54, 1.807) is 0 Å². The first-order chi connectivity index (χ1) is 14.1. The lowest BCUT2D eigenvalue weighted by Gasteiger charge is -2.22. The maximum absolute atomic E-state index is 12.0. The van der Waals surface area contributed by atoms with Crippen molar-refractivity contribution in [2.75, 3.05) is 13.2 Å². The van der Waals surface area contributed by atoms with E-state index in [1.807, 2.05) is 55.4 Å². The summed E-state index contributed by atoms with van der Waals surface area (Å²) in [6.07, 6.45) is 5.42. The molecule has 4 nitrogen and oxygen atoms in total. The molecule has 0 N–H and O–H groups in total. The van der Waals surface area contributed by atoms with Gasteiger partial charge in [-0.1, -0.05) is 38.1 Å². The molecule has 0 radical (unpaired) electrons. The Balaban J connectivity index is 0.00000407. The van der Waals surface area contributed by atoms with Crippen LogP contribution in [0.15, 0.2) is 24.3 Å². The molecule has 0 unspecified atom stereocenters. The van der Waals surface area contributed by atoms with Crippen LogP contribution in [0.3, 0.4) is 0 Å². The summed E-state index contributed by atoms with van der Waals surface area (Å²) in [5.74, 6) is -0.235. The zero-order valence-electron chi connectivity index (χ0n) is 20.6. The van der Waals surface area contributed by atoms with Crippen molar-refractivity contribution < 1.29 is 19.1 Å². The molecule has 0 aromatic heterocycles. The van der Waals surface area contributed by atoms with Gasteiger partial charge in [0.1, 0.15) is 0 Å². The number of carbonyl (C=O) groups excluding carboxylic acids is 2. The third kappa shape index (κ3) is 10.3. The maximum atomic E-state index is 12.0. The lowest BCUT2D eigenvalue weighted by Crippen LogP contribution is -2.26. The highest BCUT2D eigenvalue weighted by Crippen LogP contribution is 2.27. The van der Waals surface area contributed by atoms with Gasteiger partial charge in [0.05, 0.1) is 24.0 Å². The summed E-state index contributed by atoms with van der Waals surface area (Å²) in [6.45, 7) is 16.3. The average molecular weight is 421 g/mol. The lowest BCUT2D eigenvalue weighted by molar-refractivity contribution is -0.154. The Hall–Kier alpha value is -1.84. The monoisotopic (exact) mass is 420 g/mol. The molecule has 0 atom stereocenters. The molecule has 0 bridgehead atoms. The third-order valence-electron chi connectivity index (χ3n) is 5.18. The van der Waals surface area contributed by atoms with E-state index in [0.29, 0.717) is 13.2 Å². The van der Waals surface area contributed by atoms with Crippen LogP contribution in [0.1, 0.15) is 92.2 Å². The van der Waals surface area contributed by atoms with E-state index in [2.05, 4.69) is 24.3 Å². The molecule has 0 spiro atoms. The number of rotatable bonds is 12. The fourth-order valence-corrected chi connectivity index (χ4v) is 3.27. The van der Waals surface area contributed by atoms with E-state index in [-0.39, 0.29) is 11.9 Å². The van der Waals surface area contributed by atoms with Crippen LogP contribution in [0.5, 0.6) is 0 Å². The van der Waals surface area contributed by atoms with Crippen LogP contribution in [-0.4, -0.2) is 25.2 Å². The van der Waals surface area contributed by atoms with E-state index >= 15 is 0 Å². The zero-order valence-corrected chi connectivity index (χ0v) is 20.6. The van der Waals surface area contributed by atoms with E-state index < -0.39 is 10.8 Å².